The Bertz CT molecular complexity index is 384. The lowest BCUT2D eigenvalue weighted by atomic mass is 9.83. The molecule has 1 nitrogen and oxygen atoms in total. The highest BCUT2D eigenvalue weighted by atomic mass is 19.4. The van der Waals surface area contributed by atoms with Gasteiger partial charge in [0, 0.05) is 11.5 Å². The van der Waals surface area contributed by atoms with Gasteiger partial charge < -0.3 is 5.73 Å². The van der Waals surface area contributed by atoms with Gasteiger partial charge in [-0.1, -0.05) is 25.1 Å². The summed E-state index contributed by atoms with van der Waals surface area (Å²) in [4.78, 5) is 0. The molecule has 0 saturated carbocycles. The van der Waals surface area contributed by atoms with E-state index < -0.39 is 23.3 Å². The van der Waals surface area contributed by atoms with Gasteiger partial charge in [0.05, 0.1) is 5.56 Å². The third-order valence-corrected chi connectivity index (χ3v) is 3.04. The van der Waals surface area contributed by atoms with E-state index in [1.165, 1.54) is 19.1 Å². The first-order valence-electron chi connectivity index (χ1n) is 5.27. The predicted molar refractivity (Wildman–Crippen MR) is 58.1 cm³/mol. The van der Waals surface area contributed by atoms with Crippen molar-refractivity contribution in [3.8, 4) is 0 Å². The maximum Gasteiger partial charge on any atom is 0.416 e. The van der Waals surface area contributed by atoms with Crippen molar-refractivity contribution < 1.29 is 17.6 Å². The summed E-state index contributed by atoms with van der Waals surface area (Å²) in [6.07, 6.45) is -4.56. The monoisotopic (exact) mass is 249 g/mol. The average Bonchev–Trinajstić information content (AvgIpc) is 2.26. The molecule has 1 aromatic rings. The molecule has 5 heteroatoms. The third-order valence-electron chi connectivity index (χ3n) is 3.04. The fraction of sp³-hybridized carbons (Fsp3) is 0.500. The van der Waals surface area contributed by atoms with Crippen LogP contribution in [0.5, 0.6) is 0 Å². The number of hydrogen-bond donors (Lipinski definition) is 1. The topological polar surface area (TPSA) is 26.0 Å². The maximum atomic E-state index is 14.4. The Hall–Kier alpha value is -1.10. The third kappa shape index (κ3) is 2.77. The summed E-state index contributed by atoms with van der Waals surface area (Å²) in [6.45, 7) is 2.61. The lowest BCUT2D eigenvalue weighted by Crippen LogP contribution is -2.33. The van der Waals surface area contributed by atoms with Gasteiger partial charge in [0.15, 0.2) is 0 Å². The molecule has 0 heterocycles. The number of halogens is 4. The molecule has 96 valence electrons. The van der Waals surface area contributed by atoms with E-state index in [4.69, 9.17) is 5.73 Å². The minimum atomic E-state index is -4.56. The van der Waals surface area contributed by atoms with Crippen molar-refractivity contribution in [2.75, 3.05) is 6.54 Å². The molecule has 0 spiro atoms. The number of nitrogens with two attached hydrogens (primary N) is 1. The van der Waals surface area contributed by atoms with Crippen molar-refractivity contribution in [3.63, 3.8) is 0 Å². The molecule has 0 amide bonds. The normalized spacial score (nSPS) is 17.6. The average molecular weight is 249 g/mol. The number of hydrogen-bond acceptors (Lipinski definition) is 1. The fourth-order valence-corrected chi connectivity index (χ4v) is 1.64. The second kappa shape index (κ2) is 4.64. The van der Waals surface area contributed by atoms with Crippen LogP contribution in [-0.2, 0) is 11.8 Å². The van der Waals surface area contributed by atoms with E-state index in [9.17, 15) is 17.6 Å². The van der Waals surface area contributed by atoms with Crippen molar-refractivity contribution in [1.82, 2.24) is 0 Å². The van der Waals surface area contributed by atoms with Gasteiger partial charge in [0.1, 0.15) is 5.67 Å². The van der Waals surface area contributed by atoms with Crippen molar-refractivity contribution in [1.29, 1.82) is 0 Å². The van der Waals surface area contributed by atoms with Crippen LogP contribution in [-0.4, -0.2) is 6.54 Å². The molecule has 1 rings (SSSR count). The van der Waals surface area contributed by atoms with E-state index in [-0.39, 0.29) is 12.1 Å². The quantitative estimate of drug-likeness (QED) is 0.815. The molecule has 0 fully saturated rings. The van der Waals surface area contributed by atoms with Crippen LogP contribution in [0, 0.1) is 5.92 Å². The molecular weight excluding hydrogens is 234 g/mol. The fourth-order valence-electron chi connectivity index (χ4n) is 1.64. The minimum absolute atomic E-state index is 0.0147. The van der Waals surface area contributed by atoms with Gasteiger partial charge in [-0.25, -0.2) is 4.39 Å². The lowest BCUT2D eigenvalue weighted by Gasteiger charge is -2.29. The van der Waals surface area contributed by atoms with Crippen LogP contribution < -0.4 is 5.73 Å². The van der Waals surface area contributed by atoms with Gasteiger partial charge >= 0.3 is 6.18 Å². The zero-order valence-electron chi connectivity index (χ0n) is 9.68. The number of rotatable bonds is 3. The summed E-state index contributed by atoms with van der Waals surface area (Å²) in [5, 5.41) is 0. The smallest absolute Gasteiger partial charge is 0.330 e. The Labute approximate surface area is 97.6 Å². The van der Waals surface area contributed by atoms with E-state index in [0.717, 1.165) is 19.1 Å². The Morgan fingerprint density at radius 1 is 1.12 bits per heavy atom. The molecule has 0 radical (unpaired) electrons. The molecule has 0 aromatic heterocycles. The standard InChI is InChI=1S/C12H15F4N/c1-8(7-17)11(2,13)9-5-3-4-6-10(9)12(14,15)16/h3-6,8H,7,17H2,1-2H3. The molecule has 17 heavy (non-hydrogen) atoms. The Kier molecular flexibility index (Phi) is 3.81. The van der Waals surface area contributed by atoms with Crippen molar-refractivity contribution in [2.24, 2.45) is 11.7 Å². The highest BCUT2D eigenvalue weighted by Crippen LogP contribution is 2.41. The molecule has 2 unspecified atom stereocenters. The van der Waals surface area contributed by atoms with Crippen LogP contribution in [0.3, 0.4) is 0 Å². The van der Waals surface area contributed by atoms with E-state index in [1.54, 1.807) is 0 Å². The van der Waals surface area contributed by atoms with E-state index in [1.807, 2.05) is 0 Å². The molecule has 2 N–H and O–H groups in total. The van der Waals surface area contributed by atoms with Gasteiger partial charge in [-0.15, -0.1) is 0 Å². The molecule has 2 atom stereocenters. The van der Waals surface area contributed by atoms with Crippen molar-refractivity contribution in [2.45, 2.75) is 25.7 Å². The van der Waals surface area contributed by atoms with Crippen LogP contribution in [0.4, 0.5) is 17.6 Å². The van der Waals surface area contributed by atoms with Crippen LogP contribution in [0.1, 0.15) is 25.0 Å². The van der Waals surface area contributed by atoms with Crippen LogP contribution in [0.15, 0.2) is 24.3 Å². The Morgan fingerprint density at radius 2 is 1.59 bits per heavy atom. The lowest BCUT2D eigenvalue weighted by molar-refractivity contribution is -0.140. The second-order valence-electron chi connectivity index (χ2n) is 4.26. The summed E-state index contributed by atoms with van der Waals surface area (Å²) >= 11 is 0. The molecule has 0 aliphatic carbocycles. The SMILES string of the molecule is CC(CN)C(C)(F)c1ccccc1C(F)(F)F. The maximum absolute atomic E-state index is 14.4. The minimum Gasteiger partial charge on any atom is -0.330 e. The second-order valence-corrected chi connectivity index (χ2v) is 4.26. The summed E-state index contributed by atoms with van der Waals surface area (Å²) in [5.41, 5.74) is 1.94. The van der Waals surface area contributed by atoms with E-state index >= 15 is 0 Å². The van der Waals surface area contributed by atoms with Crippen molar-refractivity contribution >= 4 is 0 Å². The molecule has 0 saturated heterocycles. The largest absolute Gasteiger partial charge is 0.416 e. The van der Waals surface area contributed by atoms with E-state index in [2.05, 4.69) is 0 Å². The zero-order chi connectivity index (χ0) is 13.3. The highest BCUT2D eigenvalue weighted by Gasteiger charge is 2.41. The van der Waals surface area contributed by atoms with Gasteiger partial charge in [0.25, 0.3) is 0 Å². The predicted octanol–water partition coefficient (Wildman–Crippen LogP) is 3.48. The molecular formula is C12H15F4N. The van der Waals surface area contributed by atoms with Gasteiger partial charge in [0.2, 0.25) is 0 Å². The molecule has 0 aliphatic heterocycles. The number of alkyl halides is 4. The first-order chi connectivity index (χ1) is 7.71. The van der Waals surface area contributed by atoms with Gasteiger partial charge in [-0.3, -0.25) is 0 Å². The van der Waals surface area contributed by atoms with Crippen LogP contribution in [0.2, 0.25) is 0 Å². The Morgan fingerprint density at radius 3 is 2.00 bits per heavy atom. The van der Waals surface area contributed by atoms with E-state index in [0.29, 0.717) is 0 Å². The summed E-state index contributed by atoms with van der Waals surface area (Å²) < 4.78 is 52.7. The van der Waals surface area contributed by atoms with Crippen LogP contribution >= 0.6 is 0 Å². The molecule has 1 aromatic carbocycles. The Balaban J connectivity index is 3.32. The van der Waals surface area contributed by atoms with Crippen LogP contribution in [0.25, 0.3) is 0 Å². The highest BCUT2D eigenvalue weighted by molar-refractivity contribution is 5.34. The van der Waals surface area contributed by atoms with Crippen molar-refractivity contribution in [3.05, 3.63) is 35.4 Å². The first-order valence-corrected chi connectivity index (χ1v) is 5.27. The van der Waals surface area contributed by atoms with Gasteiger partial charge in [-0.2, -0.15) is 13.2 Å². The summed E-state index contributed by atoms with van der Waals surface area (Å²) in [6, 6.07) is 4.69. The first kappa shape index (κ1) is 14.0. The zero-order valence-corrected chi connectivity index (χ0v) is 9.68. The molecule has 0 bridgehead atoms. The summed E-state index contributed by atoms with van der Waals surface area (Å²) in [5.74, 6) is -0.689. The summed E-state index contributed by atoms with van der Waals surface area (Å²) in [7, 11) is 0. The molecule has 0 aliphatic rings. The van der Waals surface area contributed by atoms with Gasteiger partial charge in [-0.05, 0) is 19.5 Å². The number of benzene rings is 1.